The number of ether oxygens (including phenoxy) is 3. The summed E-state index contributed by atoms with van der Waals surface area (Å²) in [4.78, 5) is 15.0. The zero-order valence-electron chi connectivity index (χ0n) is 21.3. The molecule has 0 aromatic heterocycles. The van der Waals surface area contributed by atoms with Gasteiger partial charge in [0.2, 0.25) is 0 Å². The monoisotopic (exact) mass is 517 g/mol. The molecule has 0 unspecified atom stereocenters. The molecule has 4 rings (SSSR count). The predicted octanol–water partition coefficient (Wildman–Crippen LogP) is 2.99. The molecule has 2 saturated heterocycles. The first-order chi connectivity index (χ1) is 17.2. The van der Waals surface area contributed by atoms with Crippen molar-refractivity contribution in [2.75, 3.05) is 45.2 Å². The van der Waals surface area contributed by atoms with Crippen molar-refractivity contribution >= 4 is 21.8 Å². The number of nitrogens with one attached hydrogen (secondary N) is 1. The Labute approximate surface area is 213 Å². The number of hydrogen-bond acceptors (Lipinski definition) is 6. The number of rotatable bonds is 8. The number of benzene rings is 2. The summed E-state index contributed by atoms with van der Waals surface area (Å²) in [7, 11) is -0.550. The zero-order valence-corrected chi connectivity index (χ0v) is 22.1. The fourth-order valence-electron chi connectivity index (χ4n) is 4.66. The van der Waals surface area contributed by atoms with E-state index in [1.807, 2.05) is 32.0 Å². The first-order valence-electron chi connectivity index (χ1n) is 12.2. The van der Waals surface area contributed by atoms with Crippen molar-refractivity contribution in [3.05, 3.63) is 59.2 Å². The largest absolute Gasteiger partial charge is 0.486 e. The van der Waals surface area contributed by atoms with Crippen molar-refractivity contribution in [2.24, 2.45) is 0 Å². The summed E-state index contributed by atoms with van der Waals surface area (Å²) in [6.07, 6.45) is 0.635. The summed E-state index contributed by atoms with van der Waals surface area (Å²) >= 11 is 0. The van der Waals surface area contributed by atoms with Crippen LogP contribution in [0.1, 0.15) is 34.3 Å². The van der Waals surface area contributed by atoms with Gasteiger partial charge in [-0.15, -0.1) is 0 Å². The Morgan fingerprint density at radius 1 is 1.08 bits per heavy atom. The Hall–Kier alpha value is -2.66. The topological polar surface area (TPSA) is 97.4 Å². The molecule has 1 N–H and O–H groups in total. The molecule has 0 aliphatic carbocycles. The Bertz CT molecular complexity index is 1180. The van der Waals surface area contributed by atoms with Crippen LogP contribution < -0.4 is 9.46 Å². The lowest BCUT2D eigenvalue weighted by atomic mass is 10.0. The smallest absolute Gasteiger partial charge is 0.301 e. The Kier molecular flexibility index (Phi) is 8.19. The van der Waals surface area contributed by atoms with E-state index in [4.69, 9.17) is 14.2 Å². The molecule has 2 aliphatic heterocycles. The lowest BCUT2D eigenvalue weighted by molar-refractivity contribution is 0.0340. The van der Waals surface area contributed by atoms with E-state index in [9.17, 15) is 13.2 Å². The van der Waals surface area contributed by atoms with Gasteiger partial charge in [-0.05, 0) is 50.5 Å². The molecule has 9 nitrogen and oxygen atoms in total. The van der Waals surface area contributed by atoms with Crippen molar-refractivity contribution in [2.45, 2.75) is 44.9 Å². The van der Waals surface area contributed by atoms with Crippen molar-refractivity contribution in [3.63, 3.8) is 0 Å². The molecule has 2 heterocycles. The second-order valence-corrected chi connectivity index (χ2v) is 11.2. The van der Waals surface area contributed by atoms with Gasteiger partial charge < -0.3 is 19.1 Å². The molecule has 10 heteroatoms. The van der Waals surface area contributed by atoms with E-state index in [0.717, 1.165) is 11.1 Å². The number of nitrogens with zero attached hydrogens (tertiary/aromatic N) is 2. The van der Waals surface area contributed by atoms with Crippen LogP contribution in [0.5, 0.6) is 5.75 Å². The van der Waals surface area contributed by atoms with E-state index in [1.54, 1.807) is 43.3 Å². The summed E-state index contributed by atoms with van der Waals surface area (Å²) in [6.45, 7) is 5.78. The number of carbonyl (C=O) groups is 1. The van der Waals surface area contributed by atoms with E-state index in [2.05, 4.69) is 4.72 Å². The normalized spacial score (nSPS) is 21.1. The lowest BCUT2D eigenvalue weighted by Gasteiger charge is -2.30. The Morgan fingerprint density at radius 3 is 2.53 bits per heavy atom. The number of carbonyl (C=O) groups excluding carboxylic acids is 1. The highest BCUT2D eigenvalue weighted by Crippen LogP contribution is 2.26. The molecule has 2 aromatic rings. The van der Waals surface area contributed by atoms with E-state index in [-0.39, 0.29) is 24.2 Å². The van der Waals surface area contributed by atoms with Gasteiger partial charge in [0.25, 0.3) is 5.91 Å². The third kappa shape index (κ3) is 6.00. The van der Waals surface area contributed by atoms with Crippen LogP contribution in [0.25, 0.3) is 0 Å². The number of likely N-dealkylation sites (tertiary alicyclic amines) is 1. The van der Waals surface area contributed by atoms with Crippen molar-refractivity contribution in [3.8, 4) is 5.75 Å². The molecule has 2 aromatic carbocycles. The van der Waals surface area contributed by atoms with Gasteiger partial charge in [0.15, 0.2) is 0 Å². The second-order valence-electron chi connectivity index (χ2n) is 9.45. The quantitative estimate of drug-likeness (QED) is 0.578. The molecule has 2 fully saturated rings. The molecule has 2 aliphatic rings. The third-order valence-corrected chi connectivity index (χ3v) is 8.43. The average Bonchev–Trinajstić information content (AvgIpc) is 3.27. The summed E-state index contributed by atoms with van der Waals surface area (Å²) in [5.74, 6) is 0.444. The second kappa shape index (κ2) is 11.2. The molecule has 2 atom stereocenters. The SMILES string of the molecule is CO[C@@H]1CN(C(=O)c2cc(C)ccc2C)C[C@H]1Oc1cccc(NS(=O)(=O)N(C)C2CCOCC2)c1. The summed E-state index contributed by atoms with van der Waals surface area (Å²) in [6, 6.07) is 12.6. The fourth-order valence-corrected chi connectivity index (χ4v) is 5.83. The highest BCUT2D eigenvalue weighted by molar-refractivity contribution is 7.90. The molecular weight excluding hydrogens is 482 g/mol. The van der Waals surface area contributed by atoms with Gasteiger partial charge >= 0.3 is 10.2 Å². The minimum absolute atomic E-state index is 0.0537. The minimum Gasteiger partial charge on any atom is -0.486 e. The lowest BCUT2D eigenvalue weighted by Crippen LogP contribution is -2.43. The highest BCUT2D eigenvalue weighted by Gasteiger charge is 2.38. The van der Waals surface area contributed by atoms with Crippen LogP contribution in [0.2, 0.25) is 0 Å². The maximum absolute atomic E-state index is 13.2. The van der Waals surface area contributed by atoms with Crippen LogP contribution in [0.4, 0.5) is 5.69 Å². The summed E-state index contributed by atoms with van der Waals surface area (Å²) < 4.78 is 47.0. The molecule has 36 heavy (non-hydrogen) atoms. The van der Waals surface area contributed by atoms with Gasteiger partial charge in [-0.1, -0.05) is 23.8 Å². The van der Waals surface area contributed by atoms with Crippen molar-refractivity contribution < 1.29 is 27.4 Å². The summed E-state index contributed by atoms with van der Waals surface area (Å²) in [5, 5.41) is 0. The van der Waals surface area contributed by atoms with Gasteiger partial charge in [-0.3, -0.25) is 9.52 Å². The Balaban J connectivity index is 1.43. The van der Waals surface area contributed by atoms with Crippen LogP contribution in [-0.2, 0) is 19.7 Å². The molecule has 0 radical (unpaired) electrons. The van der Waals surface area contributed by atoms with E-state index in [1.165, 1.54) is 4.31 Å². The standard InChI is InChI=1S/C26H35N3O6S/c1-18-8-9-19(2)23(14-18)26(30)29-16-24(33-4)25(17-29)35-22-7-5-6-20(15-22)27-36(31,32)28(3)21-10-12-34-13-11-21/h5-9,14-15,21,24-25,27H,10-13,16-17H2,1-4H3/t24-,25-/m1/s1. The molecule has 0 saturated carbocycles. The first kappa shape index (κ1) is 26.4. The number of hydrogen-bond donors (Lipinski definition) is 1. The van der Waals surface area contributed by atoms with Crippen LogP contribution in [-0.4, -0.2) is 82.2 Å². The van der Waals surface area contributed by atoms with Gasteiger partial charge in [0.1, 0.15) is 18.0 Å². The first-order valence-corrected chi connectivity index (χ1v) is 13.6. The molecule has 0 spiro atoms. The van der Waals surface area contributed by atoms with Gasteiger partial charge in [-0.25, -0.2) is 0 Å². The molecule has 1 amide bonds. The molecular formula is C26H35N3O6S. The fraction of sp³-hybridized carbons (Fsp3) is 0.500. The maximum atomic E-state index is 13.2. The zero-order chi connectivity index (χ0) is 25.9. The Morgan fingerprint density at radius 2 is 1.81 bits per heavy atom. The number of methoxy groups -OCH3 is 1. The highest BCUT2D eigenvalue weighted by atomic mass is 32.2. The molecule has 0 bridgehead atoms. The number of aryl methyl sites for hydroxylation is 2. The van der Waals surface area contributed by atoms with E-state index in [0.29, 0.717) is 56.1 Å². The van der Waals surface area contributed by atoms with Crippen molar-refractivity contribution in [1.29, 1.82) is 0 Å². The minimum atomic E-state index is -3.74. The van der Waals surface area contributed by atoms with Gasteiger partial charge in [-0.2, -0.15) is 12.7 Å². The third-order valence-electron chi connectivity index (χ3n) is 6.88. The van der Waals surface area contributed by atoms with Gasteiger partial charge in [0, 0.05) is 45.0 Å². The van der Waals surface area contributed by atoms with Crippen LogP contribution in [0.3, 0.4) is 0 Å². The predicted molar refractivity (Wildman–Crippen MR) is 138 cm³/mol. The van der Waals surface area contributed by atoms with Crippen LogP contribution >= 0.6 is 0 Å². The van der Waals surface area contributed by atoms with Crippen molar-refractivity contribution in [1.82, 2.24) is 9.21 Å². The van der Waals surface area contributed by atoms with Crippen LogP contribution in [0.15, 0.2) is 42.5 Å². The van der Waals surface area contributed by atoms with Crippen LogP contribution in [0, 0.1) is 13.8 Å². The average molecular weight is 518 g/mol. The molecule has 196 valence electrons. The number of anilines is 1. The van der Waals surface area contributed by atoms with Gasteiger partial charge in [0.05, 0.1) is 18.8 Å². The summed E-state index contributed by atoms with van der Waals surface area (Å²) in [5.41, 5.74) is 3.04. The maximum Gasteiger partial charge on any atom is 0.301 e. The van der Waals surface area contributed by atoms with E-state index >= 15 is 0 Å². The van der Waals surface area contributed by atoms with E-state index < -0.39 is 10.2 Å². The number of amides is 1.